The molecule has 0 fully saturated rings. The molecule has 7 heteroatoms. The van der Waals surface area contributed by atoms with Crippen molar-refractivity contribution in [2.45, 2.75) is 6.92 Å². The molecule has 0 heterocycles. The van der Waals surface area contributed by atoms with Crippen LogP contribution >= 0.6 is 15.9 Å². The molecule has 0 unspecified atom stereocenters. The summed E-state index contributed by atoms with van der Waals surface area (Å²) in [4.78, 5) is 10.7. The molecule has 0 spiro atoms. The molecule has 0 saturated heterocycles. The standard InChI is InChI=1S/C11H13BrN2O4/c1-2-17-9-3-7(5-14-16)8(12)4-10(9)18-6-11(13)15/h3-5,16H,2,6H2,1H3,(H2,13,15)/b14-5+. The lowest BCUT2D eigenvalue weighted by Crippen LogP contribution is -2.20. The van der Waals surface area contributed by atoms with Crippen LogP contribution < -0.4 is 15.2 Å². The highest BCUT2D eigenvalue weighted by molar-refractivity contribution is 9.10. The maximum absolute atomic E-state index is 10.7. The van der Waals surface area contributed by atoms with Gasteiger partial charge in [-0.2, -0.15) is 0 Å². The van der Waals surface area contributed by atoms with Crippen LogP contribution in [0.3, 0.4) is 0 Å². The molecule has 0 bridgehead atoms. The lowest BCUT2D eigenvalue weighted by Gasteiger charge is -2.12. The zero-order valence-electron chi connectivity index (χ0n) is 9.72. The monoisotopic (exact) mass is 316 g/mol. The summed E-state index contributed by atoms with van der Waals surface area (Å²) < 4.78 is 11.2. The van der Waals surface area contributed by atoms with Gasteiger partial charge in [-0.3, -0.25) is 4.79 Å². The highest BCUT2D eigenvalue weighted by Gasteiger charge is 2.11. The van der Waals surface area contributed by atoms with E-state index in [0.717, 1.165) is 0 Å². The fraction of sp³-hybridized carbons (Fsp3) is 0.273. The topological polar surface area (TPSA) is 94.1 Å². The Labute approximate surface area is 112 Å². The van der Waals surface area contributed by atoms with Crippen molar-refractivity contribution >= 4 is 28.1 Å². The van der Waals surface area contributed by atoms with Gasteiger partial charge in [-0.1, -0.05) is 5.16 Å². The summed E-state index contributed by atoms with van der Waals surface area (Å²) in [5.74, 6) is 0.254. The van der Waals surface area contributed by atoms with Crippen LogP contribution in [0.5, 0.6) is 11.5 Å². The fourth-order valence-electron chi connectivity index (χ4n) is 1.24. The van der Waals surface area contributed by atoms with Gasteiger partial charge in [0, 0.05) is 10.0 Å². The van der Waals surface area contributed by atoms with Crippen molar-refractivity contribution in [2.75, 3.05) is 13.2 Å². The van der Waals surface area contributed by atoms with Crippen molar-refractivity contribution < 1.29 is 19.5 Å². The highest BCUT2D eigenvalue weighted by atomic mass is 79.9. The van der Waals surface area contributed by atoms with E-state index in [0.29, 0.717) is 28.1 Å². The second-order valence-corrected chi connectivity index (χ2v) is 4.11. The number of hydrogen-bond donors (Lipinski definition) is 2. The molecule has 0 aliphatic heterocycles. The number of amides is 1. The number of primary amides is 1. The predicted molar refractivity (Wildman–Crippen MR) is 69.4 cm³/mol. The molecule has 0 aliphatic carbocycles. The van der Waals surface area contributed by atoms with Gasteiger partial charge in [-0.05, 0) is 35.0 Å². The molecule has 1 aromatic carbocycles. The summed E-state index contributed by atoms with van der Waals surface area (Å²) in [6, 6.07) is 3.24. The molecule has 0 radical (unpaired) electrons. The van der Waals surface area contributed by atoms with E-state index in [2.05, 4.69) is 21.1 Å². The Morgan fingerprint density at radius 3 is 2.72 bits per heavy atom. The van der Waals surface area contributed by atoms with Crippen molar-refractivity contribution in [2.24, 2.45) is 10.9 Å². The molecule has 6 nitrogen and oxygen atoms in total. The van der Waals surface area contributed by atoms with Crippen LogP contribution in [-0.4, -0.2) is 30.5 Å². The number of nitrogens with zero attached hydrogens (tertiary/aromatic N) is 1. The summed E-state index contributed by atoms with van der Waals surface area (Å²) in [7, 11) is 0. The molecule has 1 amide bonds. The van der Waals surface area contributed by atoms with Crippen molar-refractivity contribution in [3.63, 3.8) is 0 Å². The van der Waals surface area contributed by atoms with E-state index in [1.165, 1.54) is 6.21 Å². The molecule has 98 valence electrons. The molecular formula is C11H13BrN2O4. The number of nitrogens with two attached hydrogens (primary N) is 1. The largest absolute Gasteiger partial charge is 0.490 e. The third-order valence-electron chi connectivity index (χ3n) is 1.93. The maximum Gasteiger partial charge on any atom is 0.255 e. The Morgan fingerprint density at radius 2 is 2.17 bits per heavy atom. The van der Waals surface area contributed by atoms with Crippen molar-refractivity contribution in [3.05, 3.63) is 22.2 Å². The number of carbonyl (C=O) groups excluding carboxylic acids is 1. The third-order valence-corrected chi connectivity index (χ3v) is 2.62. The first kappa shape index (κ1) is 14.3. The number of ether oxygens (including phenoxy) is 2. The van der Waals surface area contributed by atoms with Crippen LogP contribution in [-0.2, 0) is 4.79 Å². The SMILES string of the molecule is CCOc1cc(/C=N/O)c(Br)cc1OCC(N)=O. The van der Waals surface area contributed by atoms with Gasteiger partial charge in [0.15, 0.2) is 18.1 Å². The first-order valence-electron chi connectivity index (χ1n) is 5.13. The molecule has 0 atom stereocenters. The van der Waals surface area contributed by atoms with Crippen LogP contribution in [0.25, 0.3) is 0 Å². The van der Waals surface area contributed by atoms with E-state index in [4.69, 9.17) is 20.4 Å². The number of oxime groups is 1. The lowest BCUT2D eigenvalue weighted by atomic mass is 10.2. The number of hydrogen-bond acceptors (Lipinski definition) is 5. The van der Waals surface area contributed by atoms with E-state index in [1.807, 2.05) is 6.92 Å². The number of halogens is 1. The quantitative estimate of drug-likeness (QED) is 0.472. The van der Waals surface area contributed by atoms with Gasteiger partial charge in [0.05, 0.1) is 12.8 Å². The summed E-state index contributed by atoms with van der Waals surface area (Å²) >= 11 is 3.29. The van der Waals surface area contributed by atoms with E-state index < -0.39 is 5.91 Å². The first-order valence-corrected chi connectivity index (χ1v) is 5.92. The second-order valence-electron chi connectivity index (χ2n) is 3.25. The summed E-state index contributed by atoms with van der Waals surface area (Å²) in [6.07, 6.45) is 1.25. The molecular weight excluding hydrogens is 304 g/mol. The van der Waals surface area contributed by atoms with Gasteiger partial charge in [-0.25, -0.2) is 0 Å². The molecule has 1 aromatic rings. The van der Waals surface area contributed by atoms with Gasteiger partial charge in [-0.15, -0.1) is 0 Å². The minimum atomic E-state index is -0.574. The molecule has 0 aliphatic rings. The second kappa shape index (κ2) is 6.85. The van der Waals surface area contributed by atoms with Crippen LogP contribution in [0.1, 0.15) is 12.5 Å². The van der Waals surface area contributed by atoms with Gasteiger partial charge >= 0.3 is 0 Å². The van der Waals surface area contributed by atoms with Crippen LogP contribution in [0.2, 0.25) is 0 Å². The average molecular weight is 317 g/mol. The van der Waals surface area contributed by atoms with Gasteiger partial charge < -0.3 is 20.4 Å². The number of benzene rings is 1. The summed E-state index contributed by atoms with van der Waals surface area (Å²) in [6.45, 7) is 2.02. The Balaban J connectivity index is 3.07. The third kappa shape index (κ3) is 3.92. The molecule has 0 aromatic heterocycles. The van der Waals surface area contributed by atoms with Gasteiger partial charge in [0.1, 0.15) is 0 Å². The van der Waals surface area contributed by atoms with Crippen LogP contribution in [0.4, 0.5) is 0 Å². The van der Waals surface area contributed by atoms with Crippen LogP contribution in [0.15, 0.2) is 21.8 Å². The lowest BCUT2D eigenvalue weighted by molar-refractivity contribution is -0.119. The number of rotatable bonds is 6. The molecule has 0 saturated carbocycles. The normalized spacial score (nSPS) is 10.6. The zero-order chi connectivity index (χ0) is 13.5. The molecule has 1 rings (SSSR count). The maximum atomic E-state index is 10.7. The first-order chi connectivity index (χ1) is 8.58. The Morgan fingerprint density at radius 1 is 1.50 bits per heavy atom. The molecule has 3 N–H and O–H groups in total. The van der Waals surface area contributed by atoms with E-state index in [-0.39, 0.29) is 6.61 Å². The van der Waals surface area contributed by atoms with Gasteiger partial charge in [0.2, 0.25) is 0 Å². The van der Waals surface area contributed by atoms with Crippen molar-refractivity contribution in [1.29, 1.82) is 0 Å². The van der Waals surface area contributed by atoms with Crippen LogP contribution in [0, 0.1) is 0 Å². The van der Waals surface area contributed by atoms with E-state index >= 15 is 0 Å². The minimum absolute atomic E-state index is 0.236. The van der Waals surface area contributed by atoms with Crippen molar-refractivity contribution in [1.82, 2.24) is 0 Å². The van der Waals surface area contributed by atoms with E-state index in [9.17, 15) is 4.79 Å². The summed E-state index contributed by atoms with van der Waals surface area (Å²) in [5, 5.41) is 11.5. The highest BCUT2D eigenvalue weighted by Crippen LogP contribution is 2.33. The van der Waals surface area contributed by atoms with Crippen molar-refractivity contribution in [3.8, 4) is 11.5 Å². The smallest absolute Gasteiger partial charge is 0.255 e. The zero-order valence-corrected chi connectivity index (χ0v) is 11.3. The van der Waals surface area contributed by atoms with E-state index in [1.54, 1.807) is 12.1 Å². The average Bonchev–Trinajstić information content (AvgIpc) is 2.31. The Bertz CT molecular complexity index is 463. The number of carbonyl (C=O) groups is 1. The summed E-state index contributed by atoms with van der Waals surface area (Å²) in [5.41, 5.74) is 5.63. The minimum Gasteiger partial charge on any atom is -0.490 e. The van der Waals surface area contributed by atoms with Gasteiger partial charge in [0.25, 0.3) is 5.91 Å². The predicted octanol–water partition coefficient (Wildman–Crippen LogP) is 1.52. The fourth-order valence-corrected chi connectivity index (χ4v) is 1.67. The Hall–Kier alpha value is -1.76. The molecule has 18 heavy (non-hydrogen) atoms. The Kier molecular flexibility index (Phi) is 5.44.